The van der Waals surface area contributed by atoms with E-state index in [2.05, 4.69) is 5.32 Å². The summed E-state index contributed by atoms with van der Waals surface area (Å²) in [5, 5.41) is 11.5. The van der Waals surface area contributed by atoms with E-state index in [1.807, 2.05) is 0 Å². The fourth-order valence-electron chi connectivity index (χ4n) is 1.95. The molecule has 0 saturated carbocycles. The van der Waals surface area contributed by atoms with Gasteiger partial charge in [-0.1, -0.05) is 0 Å². The molecule has 104 valence electrons. The van der Waals surface area contributed by atoms with Crippen LogP contribution in [0.25, 0.3) is 0 Å². The van der Waals surface area contributed by atoms with E-state index in [1.54, 1.807) is 13.8 Å². The van der Waals surface area contributed by atoms with E-state index in [1.165, 1.54) is 4.90 Å². The number of hydrogen-bond donors (Lipinski definition) is 2. The lowest BCUT2D eigenvalue weighted by Gasteiger charge is -2.25. The van der Waals surface area contributed by atoms with Crippen molar-refractivity contribution < 1.29 is 19.4 Å². The summed E-state index contributed by atoms with van der Waals surface area (Å²) in [5.41, 5.74) is 0. The van der Waals surface area contributed by atoms with Gasteiger partial charge in [0.2, 0.25) is 0 Å². The molecule has 1 aliphatic heterocycles. The van der Waals surface area contributed by atoms with Crippen molar-refractivity contribution >= 4 is 12.0 Å². The van der Waals surface area contributed by atoms with Gasteiger partial charge in [-0.05, 0) is 33.1 Å². The lowest BCUT2D eigenvalue weighted by molar-refractivity contribution is -0.138. The zero-order valence-electron chi connectivity index (χ0n) is 11.0. The maximum absolute atomic E-state index is 11.8. The van der Waals surface area contributed by atoms with Crippen molar-refractivity contribution in [2.75, 3.05) is 19.7 Å². The van der Waals surface area contributed by atoms with Crippen LogP contribution >= 0.6 is 0 Å². The van der Waals surface area contributed by atoms with Gasteiger partial charge in [-0.2, -0.15) is 0 Å². The quantitative estimate of drug-likeness (QED) is 0.746. The summed E-state index contributed by atoms with van der Waals surface area (Å²) >= 11 is 0. The SMILES string of the molecule is CC(C)N(CC(=O)O)C(=O)NCCC1CCCO1. The number of nitrogens with one attached hydrogen (secondary N) is 1. The molecule has 1 rings (SSSR count). The van der Waals surface area contributed by atoms with Crippen molar-refractivity contribution in [3.05, 3.63) is 0 Å². The third kappa shape index (κ3) is 4.91. The third-order valence-corrected chi connectivity index (χ3v) is 2.96. The molecule has 1 heterocycles. The van der Waals surface area contributed by atoms with E-state index in [9.17, 15) is 9.59 Å². The molecule has 1 atom stereocenters. The van der Waals surface area contributed by atoms with E-state index in [0.717, 1.165) is 25.9 Å². The maximum Gasteiger partial charge on any atom is 0.323 e. The molecule has 0 aromatic rings. The smallest absolute Gasteiger partial charge is 0.323 e. The minimum absolute atomic E-state index is 0.135. The molecule has 1 fully saturated rings. The molecule has 0 radical (unpaired) electrons. The lowest BCUT2D eigenvalue weighted by Crippen LogP contribution is -2.47. The molecule has 6 nitrogen and oxygen atoms in total. The summed E-state index contributed by atoms with van der Waals surface area (Å²) in [7, 11) is 0. The van der Waals surface area contributed by atoms with Crippen LogP contribution in [0.1, 0.15) is 33.1 Å². The lowest BCUT2D eigenvalue weighted by atomic mass is 10.2. The average molecular weight is 258 g/mol. The highest BCUT2D eigenvalue weighted by molar-refractivity contribution is 5.80. The van der Waals surface area contributed by atoms with Crippen molar-refractivity contribution in [2.24, 2.45) is 0 Å². The maximum atomic E-state index is 11.8. The van der Waals surface area contributed by atoms with E-state index in [-0.39, 0.29) is 24.7 Å². The summed E-state index contributed by atoms with van der Waals surface area (Å²) in [5.74, 6) is -1.00. The predicted molar refractivity (Wildman–Crippen MR) is 66.5 cm³/mol. The largest absolute Gasteiger partial charge is 0.480 e. The molecule has 18 heavy (non-hydrogen) atoms. The van der Waals surface area contributed by atoms with Gasteiger partial charge in [-0.25, -0.2) is 4.79 Å². The molecule has 0 aromatic heterocycles. The summed E-state index contributed by atoms with van der Waals surface area (Å²) in [6.07, 6.45) is 3.14. The van der Waals surface area contributed by atoms with Gasteiger partial charge in [0.25, 0.3) is 0 Å². The van der Waals surface area contributed by atoms with Crippen molar-refractivity contribution in [1.82, 2.24) is 10.2 Å². The Bertz CT molecular complexity index is 288. The molecular weight excluding hydrogens is 236 g/mol. The molecule has 0 spiro atoms. The molecule has 2 amide bonds. The van der Waals surface area contributed by atoms with Gasteiger partial charge < -0.3 is 20.1 Å². The number of aliphatic carboxylic acids is 1. The van der Waals surface area contributed by atoms with Crippen LogP contribution in [0.5, 0.6) is 0 Å². The number of ether oxygens (including phenoxy) is 1. The van der Waals surface area contributed by atoms with Crippen molar-refractivity contribution in [1.29, 1.82) is 0 Å². The molecule has 6 heteroatoms. The molecule has 2 N–H and O–H groups in total. The Morgan fingerprint density at radius 2 is 2.22 bits per heavy atom. The minimum Gasteiger partial charge on any atom is -0.480 e. The number of carbonyl (C=O) groups is 2. The Balaban J connectivity index is 2.29. The Labute approximate surface area is 107 Å². The van der Waals surface area contributed by atoms with Crippen LogP contribution in [0, 0.1) is 0 Å². The second-order valence-corrected chi connectivity index (χ2v) is 4.77. The van der Waals surface area contributed by atoms with E-state index in [4.69, 9.17) is 9.84 Å². The van der Waals surface area contributed by atoms with Crippen LogP contribution < -0.4 is 5.32 Å². The van der Waals surface area contributed by atoms with Crippen LogP contribution in [0.3, 0.4) is 0 Å². The first kappa shape index (κ1) is 14.8. The van der Waals surface area contributed by atoms with Crippen LogP contribution in [-0.4, -0.2) is 53.8 Å². The number of carboxylic acid groups (broad SMARTS) is 1. The number of amides is 2. The highest BCUT2D eigenvalue weighted by atomic mass is 16.5. The summed E-state index contributed by atoms with van der Waals surface area (Å²) in [6.45, 7) is 4.64. The topological polar surface area (TPSA) is 78.9 Å². The highest BCUT2D eigenvalue weighted by Gasteiger charge is 2.20. The van der Waals surface area contributed by atoms with Crippen molar-refractivity contribution in [3.63, 3.8) is 0 Å². The normalized spacial score (nSPS) is 18.9. The van der Waals surface area contributed by atoms with Crippen LogP contribution in [0.2, 0.25) is 0 Å². The number of rotatable bonds is 6. The summed E-state index contributed by atoms with van der Waals surface area (Å²) < 4.78 is 5.45. The number of carbonyl (C=O) groups excluding carboxylic acids is 1. The fraction of sp³-hybridized carbons (Fsp3) is 0.833. The van der Waals surface area contributed by atoms with Crippen molar-refractivity contribution in [3.8, 4) is 0 Å². The predicted octanol–water partition coefficient (Wildman–Crippen LogP) is 1.06. The minimum atomic E-state index is -1.00. The zero-order valence-corrected chi connectivity index (χ0v) is 11.0. The first-order chi connectivity index (χ1) is 8.50. The second kappa shape index (κ2) is 7.20. The Morgan fingerprint density at radius 3 is 2.72 bits per heavy atom. The third-order valence-electron chi connectivity index (χ3n) is 2.96. The number of carboxylic acids is 1. The monoisotopic (exact) mass is 258 g/mol. The summed E-state index contributed by atoms with van der Waals surface area (Å²) in [6, 6.07) is -0.464. The van der Waals surface area contributed by atoms with Crippen LogP contribution in [-0.2, 0) is 9.53 Å². The van der Waals surface area contributed by atoms with Gasteiger partial charge in [-0.15, -0.1) is 0 Å². The zero-order chi connectivity index (χ0) is 13.5. The molecular formula is C12H22N2O4. The van der Waals surface area contributed by atoms with Gasteiger partial charge in [0, 0.05) is 19.2 Å². The number of nitrogens with zero attached hydrogens (tertiary/aromatic N) is 1. The Kier molecular flexibility index (Phi) is 5.91. The van der Waals surface area contributed by atoms with Crippen LogP contribution in [0.4, 0.5) is 4.79 Å². The standard InChI is InChI=1S/C12H22N2O4/c1-9(2)14(8-11(15)16)12(17)13-6-5-10-4-3-7-18-10/h9-10H,3-8H2,1-2H3,(H,13,17)(H,15,16). The second-order valence-electron chi connectivity index (χ2n) is 4.77. The average Bonchev–Trinajstić information content (AvgIpc) is 2.78. The first-order valence-electron chi connectivity index (χ1n) is 6.38. The van der Waals surface area contributed by atoms with Gasteiger partial charge in [-0.3, -0.25) is 4.79 Å². The Hall–Kier alpha value is -1.30. The van der Waals surface area contributed by atoms with Gasteiger partial charge in [0.15, 0.2) is 0 Å². The van der Waals surface area contributed by atoms with E-state index >= 15 is 0 Å². The van der Waals surface area contributed by atoms with Gasteiger partial charge in [0.05, 0.1) is 6.10 Å². The number of hydrogen-bond acceptors (Lipinski definition) is 3. The van der Waals surface area contributed by atoms with E-state index < -0.39 is 5.97 Å². The highest BCUT2D eigenvalue weighted by Crippen LogP contribution is 2.14. The number of urea groups is 1. The fourth-order valence-corrected chi connectivity index (χ4v) is 1.95. The molecule has 0 bridgehead atoms. The van der Waals surface area contributed by atoms with E-state index in [0.29, 0.717) is 6.54 Å². The van der Waals surface area contributed by atoms with Crippen LogP contribution in [0.15, 0.2) is 0 Å². The van der Waals surface area contributed by atoms with Gasteiger partial charge in [0.1, 0.15) is 6.54 Å². The van der Waals surface area contributed by atoms with Crippen molar-refractivity contribution in [2.45, 2.75) is 45.3 Å². The first-order valence-corrected chi connectivity index (χ1v) is 6.38. The summed E-state index contributed by atoms with van der Waals surface area (Å²) in [4.78, 5) is 23.8. The molecule has 1 saturated heterocycles. The molecule has 0 aliphatic carbocycles. The molecule has 1 aliphatic rings. The molecule has 1 unspecified atom stereocenters. The Morgan fingerprint density at radius 1 is 1.50 bits per heavy atom. The molecule has 0 aromatic carbocycles. The van der Waals surface area contributed by atoms with Gasteiger partial charge >= 0.3 is 12.0 Å².